The number of carboxylic acid groups (broad SMARTS) is 1. The van der Waals surface area contributed by atoms with Crippen LogP contribution in [0.5, 0.6) is 0 Å². The first-order valence-corrected chi connectivity index (χ1v) is 8.62. The van der Waals surface area contributed by atoms with Crippen LogP contribution in [0.2, 0.25) is 0 Å². The topological polar surface area (TPSA) is 40.5 Å². The molecule has 1 aliphatic heterocycles. The second-order valence-electron chi connectivity index (χ2n) is 6.97. The molecule has 1 saturated heterocycles. The van der Waals surface area contributed by atoms with Gasteiger partial charge in [-0.3, -0.25) is 4.79 Å². The molecule has 0 unspecified atom stereocenters. The highest BCUT2D eigenvalue weighted by atomic mass is 16.4. The smallest absolute Gasteiger partial charge is 0.309 e. The zero-order valence-electron chi connectivity index (χ0n) is 13.1. The van der Waals surface area contributed by atoms with Crippen molar-refractivity contribution in [3.8, 4) is 0 Å². The Bertz CT molecular complexity index is 302. The normalized spacial score (nSPS) is 24.6. The lowest BCUT2D eigenvalue weighted by Crippen LogP contribution is -2.44. The molecule has 0 atom stereocenters. The first-order chi connectivity index (χ1) is 9.66. The van der Waals surface area contributed by atoms with Gasteiger partial charge in [-0.15, -0.1) is 0 Å². The zero-order valence-corrected chi connectivity index (χ0v) is 13.1. The van der Waals surface area contributed by atoms with E-state index in [9.17, 15) is 9.90 Å². The summed E-state index contributed by atoms with van der Waals surface area (Å²) in [5.74, 6) is 0.372. The number of carboxylic acids is 1. The van der Waals surface area contributed by atoms with Crippen molar-refractivity contribution >= 4 is 5.97 Å². The fourth-order valence-electron chi connectivity index (χ4n) is 4.09. The minimum atomic E-state index is -0.564. The quantitative estimate of drug-likeness (QED) is 0.802. The van der Waals surface area contributed by atoms with Crippen molar-refractivity contribution in [2.75, 3.05) is 19.6 Å². The lowest BCUT2D eigenvalue weighted by Gasteiger charge is -2.39. The van der Waals surface area contributed by atoms with Crippen LogP contribution in [-0.4, -0.2) is 35.6 Å². The Balaban J connectivity index is 1.74. The van der Waals surface area contributed by atoms with Gasteiger partial charge in [0.2, 0.25) is 0 Å². The zero-order chi connectivity index (χ0) is 14.4. The van der Waals surface area contributed by atoms with Crippen LogP contribution in [0.15, 0.2) is 0 Å². The summed E-state index contributed by atoms with van der Waals surface area (Å²) in [5.41, 5.74) is -0.421. The number of piperidine rings is 1. The monoisotopic (exact) mass is 281 g/mol. The fourth-order valence-corrected chi connectivity index (χ4v) is 4.09. The third-order valence-corrected chi connectivity index (χ3v) is 5.57. The predicted octanol–water partition coefficient (Wildman–Crippen LogP) is 3.92. The first kappa shape index (κ1) is 15.8. The highest BCUT2D eigenvalue weighted by Gasteiger charge is 2.40. The van der Waals surface area contributed by atoms with Crippen molar-refractivity contribution in [3.05, 3.63) is 0 Å². The molecule has 0 aromatic rings. The van der Waals surface area contributed by atoms with Gasteiger partial charge in [-0.2, -0.15) is 0 Å². The SMILES string of the molecule is CCCC1(C(=O)O)CCN(CCC2CCCCC2)CC1. The van der Waals surface area contributed by atoms with Crippen LogP contribution in [0.1, 0.15) is 71.1 Å². The first-order valence-electron chi connectivity index (χ1n) is 8.62. The van der Waals surface area contributed by atoms with Crippen LogP contribution >= 0.6 is 0 Å². The Hall–Kier alpha value is -0.570. The molecule has 1 saturated carbocycles. The van der Waals surface area contributed by atoms with E-state index in [-0.39, 0.29) is 0 Å². The number of carbonyl (C=O) groups is 1. The van der Waals surface area contributed by atoms with E-state index in [4.69, 9.17) is 0 Å². The van der Waals surface area contributed by atoms with Crippen molar-refractivity contribution < 1.29 is 9.90 Å². The average molecular weight is 281 g/mol. The molecule has 20 heavy (non-hydrogen) atoms. The molecule has 0 aromatic heterocycles. The molecule has 0 spiro atoms. The highest BCUT2D eigenvalue weighted by Crippen LogP contribution is 2.37. The van der Waals surface area contributed by atoms with E-state index in [1.165, 1.54) is 45.1 Å². The van der Waals surface area contributed by atoms with E-state index in [0.717, 1.165) is 44.7 Å². The van der Waals surface area contributed by atoms with Gasteiger partial charge >= 0.3 is 5.97 Å². The molecule has 0 aromatic carbocycles. The molecule has 116 valence electrons. The van der Waals surface area contributed by atoms with Crippen LogP contribution in [0.4, 0.5) is 0 Å². The third kappa shape index (κ3) is 3.97. The summed E-state index contributed by atoms with van der Waals surface area (Å²) in [4.78, 5) is 14.1. The molecule has 0 radical (unpaired) electrons. The van der Waals surface area contributed by atoms with E-state index in [0.29, 0.717) is 0 Å². The van der Waals surface area contributed by atoms with E-state index in [1.54, 1.807) is 0 Å². The fraction of sp³-hybridized carbons (Fsp3) is 0.941. The molecule has 3 heteroatoms. The van der Waals surface area contributed by atoms with E-state index < -0.39 is 11.4 Å². The number of hydrogen-bond donors (Lipinski definition) is 1. The lowest BCUT2D eigenvalue weighted by molar-refractivity contribution is -0.152. The van der Waals surface area contributed by atoms with Gasteiger partial charge < -0.3 is 10.0 Å². The highest BCUT2D eigenvalue weighted by molar-refractivity contribution is 5.74. The Labute approximate surface area is 123 Å². The summed E-state index contributed by atoms with van der Waals surface area (Å²) in [5, 5.41) is 9.52. The maximum absolute atomic E-state index is 11.6. The molecule has 1 aliphatic carbocycles. The van der Waals surface area contributed by atoms with Gasteiger partial charge in [0.1, 0.15) is 0 Å². The van der Waals surface area contributed by atoms with Crippen molar-refractivity contribution in [2.45, 2.75) is 71.1 Å². The minimum Gasteiger partial charge on any atom is -0.481 e. The number of nitrogens with zero attached hydrogens (tertiary/aromatic N) is 1. The molecular weight excluding hydrogens is 250 g/mol. The summed E-state index contributed by atoms with van der Waals surface area (Å²) in [6.45, 7) is 5.25. The van der Waals surface area contributed by atoms with Crippen LogP contribution in [0, 0.1) is 11.3 Å². The van der Waals surface area contributed by atoms with Gasteiger partial charge in [-0.05, 0) is 51.2 Å². The third-order valence-electron chi connectivity index (χ3n) is 5.57. The average Bonchev–Trinajstić information content (AvgIpc) is 2.48. The summed E-state index contributed by atoms with van der Waals surface area (Å²) >= 11 is 0. The van der Waals surface area contributed by atoms with Gasteiger partial charge in [0.15, 0.2) is 0 Å². The summed E-state index contributed by atoms with van der Waals surface area (Å²) in [6, 6.07) is 0. The molecule has 2 aliphatic rings. The molecule has 1 heterocycles. The van der Waals surface area contributed by atoms with Crippen LogP contribution in [0.25, 0.3) is 0 Å². The summed E-state index contributed by atoms with van der Waals surface area (Å²) < 4.78 is 0. The molecular formula is C17H31NO2. The van der Waals surface area contributed by atoms with E-state index >= 15 is 0 Å². The van der Waals surface area contributed by atoms with Crippen molar-refractivity contribution in [2.24, 2.45) is 11.3 Å². The molecule has 1 N–H and O–H groups in total. The van der Waals surface area contributed by atoms with Crippen molar-refractivity contribution in [1.82, 2.24) is 4.90 Å². The Morgan fingerprint density at radius 1 is 1.20 bits per heavy atom. The van der Waals surface area contributed by atoms with E-state index in [1.807, 2.05) is 0 Å². The Kier molecular flexibility index (Phi) is 5.88. The maximum Gasteiger partial charge on any atom is 0.309 e. The van der Waals surface area contributed by atoms with Gasteiger partial charge in [-0.1, -0.05) is 45.4 Å². The van der Waals surface area contributed by atoms with Crippen LogP contribution < -0.4 is 0 Å². The number of hydrogen-bond acceptors (Lipinski definition) is 2. The van der Waals surface area contributed by atoms with Gasteiger partial charge in [0.25, 0.3) is 0 Å². The summed E-state index contributed by atoms with van der Waals surface area (Å²) in [7, 11) is 0. The Morgan fingerprint density at radius 3 is 2.40 bits per heavy atom. The maximum atomic E-state index is 11.6. The molecule has 2 rings (SSSR count). The predicted molar refractivity (Wildman–Crippen MR) is 81.8 cm³/mol. The van der Waals surface area contributed by atoms with Gasteiger partial charge in [0, 0.05) is 0 Å². The molecule has 2 fully saturated rings. The van der Waals surface area contributed by atoms with Crippen LogP contribution in [-0.2, 0) is 4.79 Å². The lowest BCUT2D eigenvalue weighted by atomic mass is 9.75. The van der Waals surface area contributed by atoms with E-state index in [2.05, 4.69) is 11.8 Å². The largest absolute Gasteiger partial charge is 0.481 e. The molecule has 3 nitrogen and oxygen atoms in total. The number of aliphatic carboxylic acids is 1. The minimum absolute atomic E-state index is 0.421. The standard InChI is InChI=1S/C17H31NO2/c1-2-9-17(16(19)20)10-13-18(14-11-17)12-8-15-6-4-3-5-7-15/h15H,2-14H2,1H3,(H,19,20). The second kappa shape index (κ2) is 7.44. The number of likely N-dealkylation sites (tertiary alicyclic amines) is 1. The second-order valence-corrected chi connectivity index (χ2v) is 6.97. The summed E-state index contributed by atoms with van der Waals surface area (Å²) in [6.07, 6.45) is 12.0. The van der Waals surface area contributed by atoms with Crippen molar-refractivity contribution in [3.63, 3.8) is 0 Å². The van der Waals surface area contributed by atoms with Crippen LogP contribution in [0.3, 0.4) is 0 Å². The molecule has 0 amide bonds. The molecule has 0 bridgehead atoms. The Morgan fingerprint density at radius 2 is 1.85 bits per heavy atom. The number of rotatable bonds is 6. The van der Waals surface area contributed by atoms with Gasteiger partial charge in [-0.25, -0.2) is 0 Å². The van der Waals surface area contributed by atoms with Gasteiger partial charge in [0.05, 0.1) is 5.41 Å². The van der Waals surface area contributed by atoms with Crippen molar-refractivity contribution in [1.29, 1.82) is 0 Å².